The fourth-order valence-corrected chi connectivity index (χ4v) is 1.61. The second-order valence-electron chi connectivity index (χ2n) is 5.57. The quantitative estimate of drug-likeness (QED) is 0.814. The number of carbonyl (C=O) groups is 1. The molecule has 1 rings (SSSR count). The first-order valence-electron chi connectivity index (χ1n) is 6.37. The van der Waals surface area contributed by atoms with Gasteiger partial charge >= 0.3 is 0 Å². The minimum absolute atomic E-state index is 0.0790. The van der Waals surface area contributed by atoms with Crippen LogP contribution in [-0.4, -0.2) is 18.1 Å². The summed E-state index contributed by atoms with van der Waals surface area (Å²) in [5.74, 6) is 0.946. The Kier molecular flexibility index (Phi) is 5.20. The van der Waals surface area contributed by atoms with Gasteiger partial charge in [-0.25, -0.2) is 0 Å². The van der Waals surface area contributed by atoms with Crippen LogP contribution in [0.1, 0.15) is 39.2 Å². The number of aryl methyl sites for hydroxylation is 1. The van der Waals surface area contributed by atoms with E-state index in [-0.39, 0.29) is 11.4 Å². The van der Waals surface area contributed by atoms with E-state index in [0.717, 1.165) is 12.2 Å². The lowest BCUT2D eigenvalue weighted by Gasteiger charge is -2.20. The summed E-state index contributed by atoms with van der Waals surface area (Å²) >= 11 is 0. The largest absolute Gasteiger partial charge is 0.494 e. The molecule has 1 aromatic carbocycles. The van der Waals surface area contributed by atoms with Crippen molar-refractivity contribution in [2.45, 2.75) is 46.1 Å². The molecule has 0 aliphatic heterocycles. The maximum atomic E-state index is 11.6. The van der Waals surface area contributed by atoms with Crippen LogP contribution in [0.2, 0.25) is 0 Å². The molecule has 0 unspecified atom stereocenters. The zero-order valence-electron chi connectivity index (χ0n) is 11.7. The third kappa shape index (κ3) is 6.28. The molecule has 1 N–H and O–H groups in total. The number of nitrogens with one attached hydrogen (secondary N) is 1. The van der Waals surface area contributed by atoms with Crippen LogP contribution in [0.15, 0.2) is 24.3 Å². The summed E-state index contributed by atoms with van der Waals surface area (Å²) in [5.41, 5.74) is 1.02. The third-order valence-corrected chi connectivity index (χ3v) is 2.32. The zero-order valence-corrected chi connectivity index (χ0v) is 11.7. The predicted octanol–water partition coefficient (Wildman–Crippen LogP) is 3.07. The van der Waals surface area contributed by atoms with Crippen LogP contribution in [0.4, 0.5) is 0 Å². The van der Waals surface area contributed by atoms with Crippen molar-refractivity contribution in [3.8, 4) is 5.75 Å². The molecule has 0 aromatic heterocycles. The van der Waals surface area contributed by atoms with E-state index >= 15 is 0 Å². The molecule has 0 spiro atoms. The van der Waals surface area contributed by atoms with Gasteiger partial charge in [-0.15, -0.1) is 0 Å². The second-order valence-corrected chi connectivity index (χ2v) is 5.57. The third-order valence-electron chi connectivity index (χ3n) is 2.32. The van der Waals surface area contributed by atoms with Crippen molar-refractivity contribution in [2.75, 3.05) is 6.61 Å². The number of carbonyl (C=O) groups excluding carboxylic acids is 1. The number of amides is 1. The molecule has 0 fully saturated rings. The summed E-state index contributed by atoms with van der Waals surface area (Å²) in [6, 6.07) is 7.93. The zero-order chi connectivity index (χ0) is 13.6. The number of ether oxygens (including phenoxy) is 1. The summed E-state index contributed by atoms with van der Waals surface area (Å²) < 4.78 is 5.59. The molecular weight excluding hydrogens is 226 g/mol. The Labute approximate surface area is 110 Å². The number of benzene rings is 1. The van der Waals surface area contributed by atoms with Gasteiger partial charge < -0.3 is 10.1 Å². The van der Waals surface area contributed by atoms with Gasteiger partial charge in [0.15, 0.2) is 0 Å². The van der Waals surface area contributed by atoms with Crippen molar-refractivity contribution >= 4 is 5.91 Å². The lowest BCUT2D eigenvalue weighted by Crippen LogP contribution is -2.40. The first-order chi connectivity index (χ1) is 8.37. The highest BCUT2D eigenvalue weighted by atomic mass is 16.5. The molecule has 3 nitrogen and oxygen atoms in total. The highest BCUT2D eigenvalue weighted by Crippen LogP contribution is 2.12. The van der Waals surface area contributed by atoms with Crippen molar-refractivity contribution in [1.82, 2.24) is 5.32 Å². The van der Waals surface area contributed by atoms with Crippen LogP contribution in [0.3, 0.4) is 0 Å². The Morgan fingerprint density at radius 3 is 2.67 bits per heavy atom. The van der Waals surface area contributed by atoms with Crippen LogP contribution in [-0.2, 0) is 4.79 Å². The van der Waals surface area contributed by atoms with Crippen LogP contribution in [0.5, 0.6) is 5.75 Å². The smallest absolute Gasteiger partial charge is 0.220 e. The molecule has 0 radical (unpaired) electrons. The van der Waals surface area contributed by atoms with Crippen LogP contribution >= 0.6 is 0 Å². The first kappa shape index (κ1) is 14.6. The molecule has 0 saturated heterocycles. The van der Waals surface area contributed by atoms with Crippen molar-refractivity contribution in [3.63, 3.8) is 0 Å². The van der Waals surface area contributed by atoms with Gasteiger partial charge in [0.05, 0.1) is 6.61 Å². The fraction of sp³-hybridized carbons (Fsp3) is 0.533. The van der Waals surface area contributed by atoms with Gasteiger partial charge in [0.1, 0.15) is 5.75 Å². The Balaban J connectivity index is 2.21. The van der Waals surface area contributed by atoms with Crippen molar-refractivity contribution in [1.29, 1.82) is 0 Å². The Bertz CT molecular complexity index is 394. The molecule has 0 atom stereocenters. The summed E-state index contributed by atoms with van der Waals surface area (Å²) in [7, 11) is 0. The van der Waals surface area contributed by atoms with Crippen LogP contribution < -0.4 is 10.1 Å². The Morgan fingerprint density at radius 1 is 1.33 bits per heavy atom. The molecule has 0 aliphatic rings. The first-order valence-corrected chi connectivity index (χ1v) is 6.37. The molecule has 0 saturated carbocycles. The van der Waals surface area contributed by atoms with Gasteiger partial charge in [0.2, 0.25) is 5.91 Å². The summed E-state index contributed by atoms with van der Waals surface area (Å²) in [5, 5.41) is 2.93. The minimum atomic E-state index is -0.158. The van der Waals surface area contributed by atoms with Crippen LogP contribution in [0.25, 0.3) is 0 Å². The van der Waals surface area contributed by atoms with Crippen molar-refractivity contribution in [2.24, 2.45) is 0 Å². The van der Waals surface area contributed by atoms with E-state index in [0.29, 0.717) is 13.0 Å². The summed E-state index contributed by atoms with van der Waals surface area (Å²) in [6.07, 6.45) is 1.24. The number of rotatable bonds is 5. The minimum Gasteiger partial charge on any atom is -0.494 e. The van der Waals surface area contributed by atoms with Crippen molar-refractivity contribution in [3.05, 3.63) is 29.8 Å². The SMILES string of the molecule is Cc1cccc(OCCCC(=O)NC(C)(C)C)c1. The van der Waals surface area contributed by atoms with E-state index in [4.69, 9.17) is 4.74 Å². The highest BCUT2D eigenvalue weighted by molar-refractivity contribution is 5.76. The molecule has 18 heavy (non-hydrogen) atoms. The van der Waals surface area contributed by atoms with Crippen molar-refractivity contribution < 1.29 is 9.53 Å². The molecular formula is C15H23NO2. The Hall–Kier alpha value is -1.51. The van der Waals surface area contributed by atoms with E-state index < -0.39 is 0 Å². The monoisotopic (exact) mass is 249 g/mol. The molecule has 0 bridgehead atoms. The lowest BCUT2D eigenvalue weighted by atomic mass is 10.1. The van der Waals surface area contributed by atoms with Crippen LogP contribution in [0, 0.1) is 6.92 Å². The number of hydrogen-bond donors (Lipinski definition) is 1. The van der Waals surface area contributed by atoms with Gasteiger partial charge in [-0.3, -0.25) is 4.79 Å². The van der Waals surface area contributed by atoms with Gasteiger partial charge in [0, 0.05) is 12.0 Å². The topological polar surface area (TPSA) is 38.3 Å². The van der Waals surface area contributed by atoms with Gasteiger partial charge in [0.25, 0.3) is 0 Å². The molecule has 0 aliphatic carbocycles. The average molecular weight is 249 g/mol. The molecule has 1 amide bonds. The standard InChI is InChI=1S/C15H23NO2/c1-12-7-5-8-13(11-12)18-10-6-9-14(17)16-15(2,3)4/h5,7-8,11H,6,9-10H2,1-4H3,(H,16,17). The van der Waals surface area contributed by atoms with E-state index in [9.17, 15) is 4.79 Å². The fourth-order valence-electron chi connectivity index (χ4n) is 1.61. The molecule has 1 aromatic rings. The van der Waals surface area contributed by atoms with Gasteiger partial charge in [-0.2, -0.15) is 0 Å². The predicted molar refractivity (Wildman–Crippen MR) is 73.8 cm³/mol. The van der Waals surface area contributed by atoms with E-state index in [1.54, 1.807) is 0 Å². The number of hydrogen-bond acceptors (Lipinski definition) is 2. The van der Waals surface area contributed by atoms with E-state index in [1.165, 1.54) is 5.56 Å². The maximum absolute atomic E-state index is 11.6. The summed E-state index contributed by atoms with van der Waals surface area (Å²) in [6.45, 7) is 8.54. The van der Waals surface area contributed by atoms with E-state index in [2.05, 4.69) is 5.32 Å². The molecule has 100 valence electrons. The molecule has 3 heteroatoms. The maximum Gasteiger partial charge on any atom is 0.220 e. The highest BCUT2D eigenvalue weighted by Gasteiger charge is 2.12. The summed E-state index contributed by atoms with van der Waals surface area (Å²) in [4.78, 5) is 11.6. The normalized spacial score (nSPS) is 11.1. The average Bonchev–Trinajstić information content (AvgIpc) is 2.22. The second kappa shape index (κ2) is 6.43. The van der Waals surface area contributed by atoms with Gasteiger partial charge in [-0.1, -0.05) is 12.1 Å². The molecule has 0 heterocycles. The van der Waals surface area contributed by atoms with Gasteiger partial charge in [-0.05, 0) is 51.8 Å². The lowest BCUT2D eigenvalue weighted by molar-refractivity contribution is -0.122. The van der Waals surface area contributed by atoms with E-state index in [1.807, 2.05) is 52.0 Å². The Morgan fingerprint density at radius 2 is 2.06 bits per heavy atom.